The maximum Gasteiger partial charge on any atom is 0.244 e. The van der Waals surface area contributed by atoms with Crippen molar-refractivity contribution in [1.82, 2.24) is 14.3 Å². The summed E-state index contributed by atoms with van der Waals surface area (Å²) in [6.45, 7) is -0.0421. The molecule has 0 saturated heterocycles. The van der Waals surface area contributed by atoms with Crippen molar-refractivity contribution in [1.29, 1.82) is 0 Å². The van der Waals surface area contributed by atoms with Gasteiger partial charge in [-0.05, 0) is 29.8 Å². The highest BCUT2D eigenvalue weighted by Crippen LogP contribution is 2.32. The fraction of sp³-hybridized carbons (Fsp3) is 0.278. The van der Waals surface area contributed by atoms with Gasteiger partial charge < -0.3 is 4.74 Å². The van der Waals surface area contributed by atoms with Crippen molar-refractivity contribution in [2.75, 3.05) is 31.9 Å². The Bertz CT molecular complexity index is 1080. The van der Waals surface area contributed by atoms with Crippen molar-refractivity contribution in [2.24, 2.45) is 0 Å². The predicted octanol–water partition coefficient (Wildman–Crippen LogP) is 2.12. The molecule has 148 valence electrons. The number of pyridine rings is 1. The molecule has 0 fully saturated rings. The van der Waals surface area contributed by atoms with E-state index in [4.69, 9.17) is 4.74 Å². The second kappa shape index (κ2) is 8.21. The van der Waals surface area contributed by atoms with E-state index >= 15 is 0 Å². The van der Waals surface area contributed by atoms with E-state index in [-0.39, 0.29) is 19.0 Å². The zero-order valence-electron chi connectivity index (χ0n) is 15.7. The number of carbonyl (C=O) groups excluding carboxylic acids is 1. The first-order valence-corrected chi connectivity index (χ1v) is 11.0. The van der Waals surface area contributed by atoms with Crippen molar-refractivity contribution in [3.8, 4) is 5.75 Å². The molecule has 0 atom stereocenters. The smallest absolute Gasteiger partial charge is 0.244 e. The van der Waals surface area contributed by atoms with E-state index in [2.05, 4.69) is 9.97 Å². The maximum atomic E-state index is 12.9. The summed E-state index contributed by atoms with van der Waals surface area (Å²) in [6.07, 6.45) is 4.38. The Kier molecular flexibility index (Phi) is 5.92. The van der Waals surface area contributed by atoms with Gasteiger partial charge in [-0.25, -0.2) is 13.4 Å². The molecule has 3 rings (SSSR count). The minimum absolute atomic E-state index is 0.237. The molecule has 0 radical (unpaired) electrons. The number of sulfonamides is 1. The van der Waals surface area contributed by atoms with Gasteiger partial charge in [-0.2, -0.15) is 4.31 Å². The summed E-state index contributed by atoms with van der Waals surface area (Å²) in [5.74, 6) is 0.326. The lowest BCUT2D eigenvalue weighted by molar-refractivity contribution is -0.118. The van der Waals surface area contributed by atoms with Gasteiger partial charge in [0, 0.05) is 19.4 Å². The number of likely N-dealkylation sites (N-methyl/N-ethyl adjacent to an activating group) is 1. The zero-order valence-corrected chi connectivity index (χ0v) is 17.3. The summed E-state index contributed by atoms with van der Waals surface area (Å²) in [4.78, 5) is 23.1. The first kappa shape index (κ1) is 20.2. The lowest BCUT2D eigenvalue weighted by atomic mass is 10.2. The highest BCUT2D eigenvalue weighted by molar-refractivity contribution is 7.88. The molecule has 0 aliphatic carbocycles. The van der Waals surface area contributed by atoms with Crippen molar-refractivity contribution < 1.29 is 17.9 Å². The largest absolute Gasteiger partial charge is 0.497 e. The molecule has 0 bridgehead atoms. The van der Waals surface area contributed by atoms with Crippen LogP contribution in [-0.4, -0.2) is 55.6 Å². The van der Waals surface area contributed by atoms with Crippen LogP contribution in [0.15, 0.2) is 42.7 Å². The van der Waals surface area contributed by atoms with Crippen LogP contribution in [0.3, 0.4) is 0 Å². The number of hydrogen-bond donors (Lipinski definition) is 0. The van der Waals surface area contributed by atoms with Gasteiger partial charge in [0.15, 0.2) is 5.13 Å². The minimum atomic E-state index is -3.48. The second-order valence-electron chi connectivity index (χ2n) is 6.19. The number of benzene rings is 1. The highest BCUT2D eigenvalue weighted by atomic mass is 32.2. The third kappa shape index (κ3) is 4.64. The van der Waals surface area contributed by atoms with Crippen molar-refractivity contribution in [3.63, 3.8) is 0 Å². The number of carbonyl (C=O) groups is 1. The van der Waals surface area contributed by atoms with E-state index in [9.17, 15) is 13.2 Å². The molecule has 28 heavy (non-hydrogen) atoms. The molecular weight excluding hydrogens is 400 g/mol. The van der Waals surface area contributed by atoms with E-state index in [0.717, 1.165) is 26.3 Å². The van der Waals surface area contributed by atoms with Gasteiger partial charge in [-0.3, -0.25) is 14.7 Å². The normalized spacial score (nSPS) is 11.7. The van der Waals surface area contributed by atoms with Crippen LogP contribution in [0.4, 0.5) is 5.13 Å². The summed E-state index contributed by atoms with van der Waals surface area (Å²) in [5.41, 5.74) is 1.55. The molecule has 0 spiro atoms. The number of nitrogens with zero attached hydrogens (tertiary/aromatic N) is 4. The third-order valence-electron chi connectivity index (χ3n) is 4.10. The van der Waals surface area contributed by atoms with Crippen LogP contribution in [0, 0.1) is 0 Å². The van der Waals surface area contributed by atoms with Crippen molar-refractivity contribution >= 4 is 42.6 Å². The van der Waals surface area contributed by atoms with E-state index in [1.807, 2.05) is 18.2 Å². The predicted molar refractivity (Wildman–Crippen MR) is 109 cm³/mol. The van der Waals surface area contributed by atoms with E-state index < -0.39 is 10.0 Å². The number of rotatable bonds is 7. The van der Waals surface area contributed by atoms with Crippen molar-refractivity contribution in [3.05, 3.63) is 48.3 Å². The topological polar surface area (TPSA) is 92.7 Å². The average Bonchev–Trinajstić information content (AvgIpc) is 3.08. The van der Waals surface area contributed by atoms with Crippen molar-refractivity contribution in [2.45, 2.75) is 6.54 Å². The quantitative estimate of drug-likeness (QED) is 0.581. The van der Waals surface area contributed by atoms with Gasteiger partial charge in [0.05, 0.1) is 36.7 Å². The Morgan fingerprint density at radius 2 is 2.07 bits per heavy atom. The molecule has 1 amide bonds. The Balaban J connectivity index is 1.96. The van der Waals surface area contributed by atoms with Gasteiger partial charge in [-0.1, -0.05) is 17.4 Å². The molecule has 1 aromatic carbocycles. The van der Waals surface area contributed by atoms with Crippen LogP contribution >= 0.6 is 11.3 Å². The summed E-state index contributed by atoms with van der Waals surface area (Å²) in [5, 5.41) is 0.485. The standard InChI is InChI=1S/C18H20N4O4S2/c1-21(28(3,24)25)12-17(23)22(11-13-5-4-8-19-10-13)18-20-15-7-6-14(26-2)9-16(15)27-18/h4-10H,11-12H2,1-3H3. The van der Waals surface area contributed by atoms with E-state index in [0.29, 0.717) is 10.9 Å². The first-order valence-electron chi connectivity index (χ1n) is 8.33. The fourth-order valence-electron chi connectivity index (χ4n) is 2.47. The number of aromatic nitrogens is 2. The minimum Gasteiger partial charge on any atom is -0.497 e. The molecule has 10 heteroatoms. The highest BCUT2D eigenvalue weighted by Gasteiger charge is 2.24. The monoisotopic (exact) mass is 420 g/mol. The summed E-state index contributed by atoms with van der Waals surface area (Å²) < 4.78 is 30.6. The number of amides is 1. The number of thiazole rings is 1. The van der Waals surface area contributed by atoms with E-state index in [1.54, 1.807) is 31.6 Å². The van der Waals surface area contributed by atoms with Crippen LogP contribution in [0.2, 0.25) is 0 Å². The van der Waals surface area contributed by atoms with Gasteiger partial charge in [0.25, 0.3) is 0 Å². The van der Waals surface area contributed by atoms with Crippen LogP contribution in [0.5, 0.6) is 5.75 Å². The number of ether oxygens (including phenoxy) is 1. The number of methoxy groups -OCH3 is 1. The SMILES string of the molecule is COc1ccc2nc(N(Cc3cccnc3)C(=O)CN(C)S(C)(=O)=O)sc2c1. The van der Waals surface area contributed by atoms with E-state index in [1.165, 1.54) is 23.3 Å². The summed E-state index contributed by atoms with van der Waals surface area (Å²) in [7, 11) is -0.521. The fourth-order valence-corrected chi connectivity index (χ4v) is 3.82. The maximum absolute atomic E-state index is 12.9. The molecular formula is C18H20N4O4S2. The number of fused-ring (bicyclic) bond motifs is 1. The first-order chi connectivity index (χ1) is 13.3. The Morgan fingerprint density at radius 3 is 2.71 bits per heavy atom. The molecule has 0 N–H and O–H groups in total. The average molecular weight is 421 g/mol. The second-order valence-corrected chi connectivity index (χ2v) is 9.29. The molecule has 0 aliphatic heterocycles. The Labute approximate surface area is 167 Å². The van der Waals surface area contributed by atoms with Gasteiger partial charge in [0.2, 0.25) is 15.9 Å². The van der Waals surface area contributed by atoms with Gasteiger partial charge in [0.1, 0.15) is 5.75 Å². The van der Waals surface area contributed by atoms with Gasteiger partial charge in [-0.15, -0.1) is 0 Å². The number of hydrogen-bond acceptors (Lipinski definition) is 7. The molecule has 2 heterocycles. The molecule has 0 unspecified atom stereocenters. The third-order valence-corrected chi connectivity index (χ3v) is 6.41. The molecule has 8 nitrogen and oxygen atoms in total. The zero-order chi connectivity index (χ0) is 20.3. The van der Waals surface area contributed by atoms with Gasteiger partial charge >= 0.3 is 0 Å². The molecule has 0 aliphatic rings. The lowest BCUT2D eigenvalue weighted by Gasteiger charge is -2.22. The summed E-state index contributed by atoms with van der Waals surface area (Å²) >= 11 is 1.34. The summed E-state index contributed by atoms with van der Waals surface area (Å²) in [6, 6.07) is 9.11. The van der Waals surface area contributed by atoms with Crippen LogP contribution in [0.1, 0.15) is 5.56 Å². The molecule has 3 aromatic rings. The van der Waals surface area contributed by atoms with Crippen LogP contribution in [-0.2, 0) is 21.4 Å². The Hall–Kier alpha value is -2.56. The van der Waals surface area contributed by atoms with Crippen LogP contribution in [0.25, 0.3) is 10.2 Å². The molecule has 0 saturated carbocycles. The van der Waals surface area contributed by atoms with Crippen LogP contribution < -0.4 is 9.64 Å². The number of anilines is 1. The molecule has 2 aromatic heterocycles. The lowest BCUT2D eigenvalue weighted by Crippen LogP contribution is -2.40. The Morgan fingerprint density at radius 1 is 1.29 bits per heavy atom.